The molecule has 1 amide bonds. The van der Waals surface area contributed by atoms with Crippen LogP contribution >= 0.6 is 0 Å². The highest BCUT2D eigenvalue weighted by Gasteiger charge is 2.15. The van der Waals surface area contributed by atoms with Crippen LogP contribution in [0.2, 0.25) is 0 Å². The van der Waals surface area contributed by atoms with Gasteiger partial charge in [0, 0.05) is 13.1 Å². The fourth-order valence-corrected chi connectivity index (χ4v) is 1.92. The summed E-state index contributed by atoms with van der Waals surface area (Å²) in [5.74, 6) is -0.363. The van der Waals surface area contributed by atoms with Crippen molar-refractivity contribution in [3.63, 3.8) is 0 Å². The number of nitrogens with one attached hydrogen (secondary N) is 1. The largest absolute Gasteiger partial charge is 0.461 e. The Labute approximate surface area is 129 Å². The molecule has 23 heavy (non-hydrogen) atoms. The van der Waals surface area contributed by atoms with E-state index in [0.717, 1.165) is 4.68 Å². The highest BCUT2D eigenvalue weighted by Crippen LogP contribution is 2.20. The van der Waals surface area contributed by atoms with Crippen molar-refractivity contribution in [1.29, 1.82) is 0 Å². The van der Waals surface area contributed by atoms with Crippen molar-refractivity contribution in [3.05, 3.63) is 47.4 Å². The van der Waals surface area contributed by atoms with Crippen LogP contribution in [-0.4, -0.2) is 27.1 Å². The molecule has 0 unspecified atom stereocenters. The van der Waals surface area contributed by atoms with Crippen LogP contribution in [0.25, 0.3) is 11.5 Å². The molecule has 0 aliphatic carbocycles. The zero-order valence-corrected chi connectivity index (χ0v) is 12.3. The standard InChI is InChI=1S/C14H12FN5O3/c1-8-9(13(15)20(2)18-8)7-16-17-14(21)10-6-12(23-19-10)11-4-3-5-22-11/h3-7H,1-2H3,(H,17,21)/b16-7-. The van der Waals surface area contributed by atoms with E-state index < -0.39 is 11.9 Å². The van der Waals surface area contributed by atoms with Crippen LogP contribution in [0.3, 0.4) is 0 Å². The Balaban J connectivity index is 1.69. The zero-order chi connectivity index (χ0) is 16.4. The Morgan fingerprint density at radius 3 is 2.96 bits per heavy atom. The molecule has 0 saturated heterocycles. The molecule has 3 heterocycles. The van der Waals surface area contributed by atoms with Crippen molar-refractivity contribution in [2.24, 2.45) is 12.1 Å². The second kappa shape index (κ2) is 5.87. The second-order valence-electron chi connectivity index (χ2n) is 4.67. The van der Waals surface area contributed by atoms with Crippen LogP contribution < -0.4 is 5.43 Å². The minimum absolute atomic E-state index is 0.0249. The number of aryl methyl sites for hydroxylation is 2. The van der Waals surface area contributed by atoms with Gasteiger partial charge in [0.2, 0.25) is 11.7 Å². The van der Waals surface area contributed by atoms with Gasteiger partial charge in [0.05, 0.1) is 23.7 Å². The topological polar surface area (TPSA) is 98.5 Å². The number of hydrogen-bond acceptors (Lipinski definition) is 6. The average molecular weight is 317 g/mol. The minimum Gasteiger partial charge on any atom is -0.461 e. The lowest BCUT2D eigenvalue weighted by atomic mass is 10.3. The summed E-state index contributed by atoms with van der Waals surface area (Å²) in [7, 11) is 1.48. The minimum atomic E-state index is -0.593. The zero-order valence-electron chi connectivity index (χ0n) is 12.3. The number of rotatable bonds is 4. The lowest BCUT2D eigenvalue weighted by Crippen LogP contribution is -2.18. The van der Waals surface area contributed by atoms with Crippen LogP contribution in [-0.2, 0) is 7.05 Å². The molecule has 0 bridgehead atoms. The fraction of sp³-hybridized carbons (Fsp3) is 0.143. The van der Waals surface area contributed by atoms with E-state index in [-0.39, 0.29) is 11.3 Å². The maximum atomic E-state index is 13.7. The van der Waals surface area contributed by atoms with E-state index in [4.69, 9.17) is 8.94 Å². The first kappa shape index (κ1) is 14.7. The predicted octanol–water partition coefficient (Wildman–Crippen LogP) is 1.88. The maximum absolute atomic E-state index is 13.7. The van der Waals surface area contributed by atoms with E-state index in [1.807, 2.05) is 0 Å². The monoisotopic (exact) mass is 317 g/mol. The smallest absolute Gasteiger partial charge is 0.293 e. The Kier molecular flexibility index (Phi) is 3.75. The molecule has 0 atom stereocenters. The molecule has 118 valence electrons. The quantitative estimate of drug-likeness (QED) is 0.585. The number of amides is 1. The van der Waals surface area contributed by atoms with Gasteiger partial charge in [-0.3, -0.25) is 4.79 Å². The Morgan fingerprint density at radius 1 is 1.48 bits per heavy atom. The number of furan rings is 1. The predicted molar refractivity (Wildman–Crippen MR) is 77.2 cm³/mol. The molecular weight excluding hydrogens is 305 g/mol. The van der Waals surface area contributed by atoms with Crippen LogP contribution in [0.4, 0.5) is 4.39 Å². The summed E-state index contributed by atoms with van der Waals surface area (Å²) < 4.78 is 24.9. The molecule has 3 rings (SSSR count). The Hall–Kier alpha value is -3.23. The summed E-state index contributed by atoms with van der Waals surface area (Å²) in [5, 5.41) is 11.2. The van der Waals surface area contributed by atoms with Gasteiger partial charge < -0.3 is 8.94 Å². The maximum Gasteiger partial charge on any atom is 0.293 e. The van der Waals surface area contributed by atoms with Crippen LogP contribution in [0.15, 0.2) is 38.5 Å². The number of carbonyl (C=O) groups is 1. The molecular formula is C14H12FN5O3. The number of aromatic nitrogens is 3. The third-order valence-electron chi connectivity index (χ3n) is 3.06. The van der Waals surface area contributed by atoms with E-state index in [9.17, 15) is 9.18 Å². The molecule has 0 spiro atoms. The molecule has 0 aromatic carbocycles. The highest BCUT2D eigenvalue weighted by molar-refractivity contribution is 5.93. The van der Waals surface area contributed by atoms with E-state index >= 15 is 0 Å². The van der Waals surface area contributed by atoms with Crippen molar-refractivity contribution in [3.8, 4) is 11.5 Å². The van der Waals surface area contributed by atoms with Crippen molar-refractivity contribution >= 4 is 12.1 Å². The van der Waals surface area contributed by atoms with Crippen LogP contribution in [0, 0.1) is 12.9 Å². The summed E-state index contributed by atoms with van der Waals surface area (Å²) in [6, 6.07) is 4.78. The lowest BCUT2D eigenvalue weighted by Gasteiger charge is -1.94. The summed E-state index contributed by atoms with van der Waals surface area (Å²) in [4.78, 5) is 11.9. The van der Waals surface area contributed by atoms with Crippen molar-refractivity contribution in [1.82, 2.24) is 20.4 Å². The molecule has 8 nitrogen and oxygen atoms in total. The average Bonchev–Trinajstić information content (AvgIpc) is 3.23. The summed E-state index contributed by atoms with van der Waals surface area (Å²) in [6.07, 6.45) is 2.66. The van der Waals surface area contributed by atoms with E-state index in [1.165, 1.54) is 25.6 Å². The van der Waals surface area contributed by atoms with Gasteiger partial charge in [0.25, 0.3) is 5.91 Å². The molecule has 1 N–H and O–H groups in total. The molecule has 0 saturated carbocycles. The van der Waals surface area contributed by atoms with Crippen molar-refractivity contribution < 1.29 is 18.1 Å². The van der Waals surface area contributed by atoms with E-state index in [1.54, 1.807) is 19.1 Å². The first-order chi connectivity index (χ1) is 11.1. The number of hydrazone groups is 1. The number of hydrogen-bond donors (Lipinski definition) is 1. The highest BCUT2D eigenvalue weighted by atomic mass is 19.1. The van der Waals surface area contributed by atoms with Gasteiger partial charge in [-0.25, -0.2) is 10.1 Å². The number of nitrogens with zero attached hydrogens (tertiary/aromatic N) is 4. The van der Waals surface area contributed by atoms with Gasteiger partial charge in [-0.05, 0) is 19.1 Å². The molecule has 3 aromatic rings. The van der Waals surface area contributed by atoms with Gasteiger partial charge in [-0.1, -0.05) is 5.16 Å². The summed E-state index contributed by atoms with van der Waals surface area (Å²) in [5.41, 5.74) is 2.93. The molecule has 0 radical (unpaired) electrons. The molecule has 0 fully saturated rings. The van der Waals surface area contributed by atoms with E-state index in [2.05, 4.69) is 20.8 Å². The van der Waals surface area contributed by atoms with Crippen molar-refractivity contribution in [2.45, 2.75) is 6.92 Å². The first-order valence-corrected chi connectivity index (χ1v) is 6.59. The number of carbonyl (C=O) groups excluding carboxylic acids is 1. The fourth-order valence-electron chi connectivity index (χ4n) is 1.92. The van der Waals surface area contributed by atoms with Crippen molar-refractivity contribution in [2.75, 3.05) is 0 Å². The van der Waals surface area contributed by atoms with Gasteiger partial charge >= 0.3 is 0 Å². The van der Waals surface area contributed by atoms with Gasteiger partial charge in [0.15, 0.2) is 11.5 Å². The molecule has 0 aliphatic rings. The second-order valence-corrected chi connectivity index (χ2v) is 4.67. The third kappa shape index (κ3) is 2.89. The Bertz CT molecular complexity index is 863. The molecule has 3 aromatic heterocycles. The number of halogens is 1. The SMILES string of the molecule is Cc1nn(C)c(F)c1/C=N\NC(=O)c1cc(-c2ccco2)on1. The first-order valence-electron chi connectivity index (χ1n) is 6.59. The lowest BCUT2D eigenvalue weighted by molar-refractivity contribution is 0.0946. The Morgan fingerprint density at radius 2 is 2.30 bits per heavy atom. The van der Waals surface area contributed by atoms with Gasteiger partial charge in [0.1, 0.15) is 0 Å². The van der Waals surface area contributed by atoms with Crippen LogP contribution in [0.1, 0.15) is 21.7 Å². The molecule has 9 heteroatoms. The summed E-state index contributed by atoms with van der Waals surface area (Å²) in [6.45, 7) is 1.64. The molecule has 0 aliphatic heterocycles. The van der Waals surface area contributed by atoms with Gasteiger partial charge in [-0.2, -0.15) is 14.6 Å². The third-order valence-corrected chi connectivity index (χ3v) is 3.06. The van der Waals surface area contributed by atoms with E-state index in [0.29, 0.717) is 17.2 Å². The normalized spacial score (nSPS) is 11.3. The summed E-state index contributed by atoms with van der Waals surface area (Å²) >= 11 is 0. The van der Waals surface area contributed by atoms with Crippen LogP contribution in [0.5, 0.6) is 0 Å². The van der Waals surface area contributed by atoms with Gasteiger partial charge in [-0.15, -0.1) is 0 Å².